The molecule has 0 aromatic rings. The fourth-order valence-electron chi connectivity index (χ4n) is 0. The van der Waals surface area contributed by atoms with Crippen molar-refractivity contribution in [3.8, 4) is 0 Å². The second-order valence-electron chi connectivity index (χ2n) is 0.516. The summed E-state index contributed by atoms with van der Waals surface area (Å²) in [5.41, 5.74) is 0. The smallest absolute Gasteiger partial charge is 1.00 e. The van der Waals surface area contributed by atoms with Crippen molar-refractivity contribution in [3.05, 3.63) is 0 Å². The van der Waals surface area contributed by atoms with Gasteiger partial charge in [0.2, 0.25) is 6.16 Å². The Kier molecular flexibility index (Phi) is 60.6. The van der Waals surface area contributed by atoms with Gasteiger partial charge in [-0.15, -0.1) is 0 Å². The molecule has 0 fully saturated rings. The average molecular weight is 221 g/mol. The van der Waals surface area contributed by atoms with Gasteiger partial charge in [0.25, 0.3) is 0 Å². The standard InChI is InChI=1S/2CH2O3.Ca.ClH.Mg/c2*2-1(3)4;;;/h2*(H2,2,3,4);;1H;/q;;+2;;+2/p-4. The van der Waals surface area contributed by atoms with Crippen LogP contribution in [0, 0.1) is 0 Å². The maximum absolute atomic E-state index is 8.44. The summed E-state index contributed by atoms with van der Waals surface area (Å²) in [4.78, 5) is 16.8. The molecule has 0 rings (SSSR count). The van der Waals surface area contributed by atoms with Crippen molar-refractivity contribution in [2.75, 3.05) is 0 Å². The number of carboxylic acid groups (broad SMARTS) is 4. The van der Waals surface area contributed by atoms with Gasteiger partial charge >= 0.3 is 60.8 Å². The van der Waals surface area contributed by atoms with Crippen LogP contribution in [0.1, 0.15) is 0 Å². The molecule has 11 heavy (non-hydrogen) atoms. The van der Waals surface area contributed by atoms with E-state index in [0.717, 1.165) is 0 Å². The SMILES string of the molecule is O=C([O-])O.O=C([O-])[O-].[Ca+2].[Cl-].[Mg+2]. The normalized spacial score (nSPS) is 4.36. The van der Waals surface area contributed by atoms with Gasteiger partial charge in [-0.2, -0.15) is 0 Å². The molecule has 0 unspecified atom stereocenters. The van der Waals surface area contributed by atoms with Crippen molar-refractivity contribution in [1.29, 1.82) is 0 Å². The number of carbonyl (C=O) groups is 2. The van der Waals surface area contributed by atoms with Crippen LogP contribution >= 0.6 is 0 Å². The van der Waals surface area contributed by atoms with E-state index in [1.807, 2.05) is 0 Å². The molecule has 0 bridgehead atoms. The maximum atomic E-state index is 8.44. The van der Waals surface area contributed by atoms with Crippen molar-refractivity contribution in [2.24, 2.45) is 0 Å². The molecule has 56 valence electrons. The summed E-state index contributed by atoms with van der Waals surface area (Å²) >= 11 is 0. The summed E-state index contributed by atoms with van der Waals surface area (Å²) in [6.45, 7) is 0. The summed E-state index contributed by atoms with van der Waals surface area (Å²) in [5.74, 6) is 0. The Balaban J connectivity index is -0.0000000171. The van der Waals surface area contributed by atoms with Gasteiger partial charge in [0.15, 0.2) is 0 Å². The third-order valence-corrected chi connectivity index (χ3v) is 0. The Morgan fingerprint density at radius 2 is 1.09 bits per heavy atom. The molecule has 6 nitrogen and oxygen atoms in total. The van der Waals surface area contributed by atoms with E-state index >= 15 is 0 Å². The number of carbonyl (C=O) groups excluding carboxylic acids is 1. The first-order valence-corrected chi connectivity index (χ1v) is 1.24. The summed E-state index contributed by atoms with van der Waals surface area (Å²) in [7, 11) is 0. The zero-order valence-corrected chi connectivity index (χ0v) is 9.66. The molecule has 0 saturated carbocycles. The van der Waals surface area contributed by atoms with Crippen molar-refractivity contribution in [1.82, 2.24) is 0 Å². The van der Waals surface area contributed by atoms with Crippen LogP contribution in [0.15, 0.2) is 0 Å². The molecule has 0 amide bonds. The van der Waals surface area contributed by atoms with Crippen molar-refractivity contribution in [2.45, 2.75) is 0 Å². The minimum absolute atomic E-state index is 0. The van der Waals surface area contributed by atoms with Crippen molar-refractivity contribution >= 4 is 73.1 Å². The van der Waals surface area contributed by atoms with E-state index in [-0.39, 0.29) is 73.2 Å². The summed E-state index contributed by atoms with van der Waals surface area (Å²) in [6, 6.07) is 0. The Labute approximate surface area is 114 Å². The van der Waals surface area contributed by atoms with Gasteiger partial charge in [-0.25, -0.2) is 0 Å². The van der Waals surface area contributed by atoms with Gasteiger partial charge < -0.3 is 42.4 Å². The number of hydrogen-bond donors (Lipinski definition) is 1. The molecule has 1 N–H and O–H groups in total. The molecule has 0 heterocycles. The first-order valence-electron chi connectivity index (χ1n) is 1.24. The van der Waals surface area contributed by atoms with Crippen LogP contribution in [-0.4, -0.2) is 78.2 Å². The summed E-state index contributed by atoms with van der Waals surface area (Å²) in [5, 5.41) is 32.0. The molecule has 0 aromatic carbocycles. The van der Waals surface area contributed by atoms with E-state index in [9.17, 15) is 0 Å². The second-order valence-corrected chi connectivity index (χ2v) is 0.516. The minimum atomic E-state index is -2.33. The molecule has 0 aromatic heterocycles. The molecule has 0 aliphatic carbocycles. The molecule has 0 spiro atoms. The monoisotopic (exact) mass is 220 g/mol. The summed E-state index contributed by atoms with van der Waals surface area (Å²) < 4.78 is 0. The molecular weight excluding hydrogens is 220 g/mol. The van der Waals surface area contributed by atoms with Gasteiger partial charge in [0.1, 0.15) is 0 Å². The summed E-state index contributed by atoms with van der Waals surface area (Å²) in [6.07, 6.45) is -4.42. The van der Waals surface area contributed by atoms with Gasteiger partial charge in [-0.05, 0) is 6.16 Å². The van der Waals surface area contributed by atoms with Gasteiger partial charge in [-0.3, -0.25) is 0 Å². The third-order valence-electron chi connectivity index (χ3n) is 0. The van der Waals surface area contributed by atoms with Crippen molar-refractivity contribution < 1.29 is 42.4 Å². The van der Waals surface area contributed by atoms with Crippen LogP contribution in [0.25, 0.3) is 0 Å². The van der Waals surface area contributed by atoms with Gasteiger partial charge in [0.05, 0.1) is 0 Å². The van der Waals surface area contributed by atoms with Gasteiger partial charge in [-0.1, -0.05) is 0 Å². The van der Waals surface area contributed by atoms with Crippen LogP contribution in [0.2, 0.25) is 0 Å². The zero-order chi connectivity index (χ0) is 7.15. The Morgan fingerprint density at radius 1 is 1.09 bits per heavy atom. The second kappa shape index (κ2) is 22.4. The van der Waals surface area contributed by atoms with E-state index in [1.54, 1.807) is 0 Å². The molecule has 0 aliphatic rings. The number of halogens is 1. The predicted molar refractivity (Wildman–Crippen MR) is 24.9 cm³/mol. The van der Waals surface area contributed by atoms with Crippen LogP contribution in [0.4, 0.5) is 9.59 Å². The number of rotatable bonds is 0. The molecular formula is C2HCaClMgO6. The fraction of sp³-hybridized carbons (Fsp3) is 0. The first-order chi connectivity index (χ1) is 3.46. The van der Waals surface area contributed by atoms with E-state index in [1.165, 1.54) is 0 Å². The average Bonchev–Trinajstić information content (AvgIpc) is 1.25. The van der Waals surface area contributed by atoms with Crippen LogP contribution in [-0.2, 0) is 0 Å². The Bertz CT molecular complexity index is 78.6. The van der Waals surface area contributed by atoms with Crippen LogP contribution in [0.5, 0.6) is 0 Å². The fourth-order valence-corrected chi connectivity index (χ4v) is 0. The molecule has 0 radical (unpaired) electrons. The molecule has 9 heteroatoms. The molecule has 0 aliphatic heterocycles. The largest absolute Gasteiger partial charge is 2.00 e. The molecule has 0 atom stereocenters. The Morgan fingerprint density at radius 3 is 1.09 bits per heavy atom. The van der Waals surface area contributed by atoms with E-state index in [0.29, 0.717) is 0 Å². The topological polar surface area (TPSA) is 124 Å². The van der Waals surface area contributed by atoms with E-state index < -0.39 is 12.3 Å². The minimum Gasteiger partial charge on any atom is -1.00 e. The maximum Gasteiger partial charge on any atom is 2.00 e. The molecule has 0 saturated heterocycles. The Hall–Kier alpha value is 0.856. The van der Waals surface area contributed by atoms with Crippen LogP contribution < -0.4 is 27.7 Å². The predicted octanol–water partition coefficient (Wildman–Crippen LogP) is -7.32. The quantitative estimate of drug-likeness (QED) is 0.405. The zero-order valence-electron chi connectivity index (χ0n) is 5.28. The number of hydrogen-bond acceptors (Lipinski definition) is 5. The van der Waals surface area contributed by atoms with Crippen molar-refractivity contribution in [3.63, 3.8) is 0 Å². The van der Waals surface area contributed by atoms with E-state index in [2.05, 4.69) is 0 Å². The van der Waals surface area contributed by atoms with E-state index in [4.69, 9.17) is 30.0 Å². The van der Waals surface area contributed by atoms with Gasteiger partial charge in [0, 0.05) is 0 Å². The van der Waals surface area contributed by atoms with Crippen LogP contribution in [0.3, 0.4) is 0 Å². The third kappa shape index (κ3) is 1160. The first kappa shape index (κ1) is 29.7.